The third-order valence-electron chi connectivity index (χ3n) is 9.16. The molecule has 4 aliphatic rings. The minimum absolute atomic E-state index is 0.0225. The Labute approximate surface area is 249 Å². The Hall–Kier alpha value is -3.02. The molecular weight excluding hydrogens is 545 g/mol. The molecule has 1 saturated carbocycles. The summed E-state index contributed by atoms with van der Waals surface area (Å²) in [6, 6.07) is 16.3. The van der Waals surface area contributed by atoms with Crippen molar-refractivity contribution >= 4 is 29.6 Å². The summed E-state index contributed by atoms with van der Waals surface area (Å²) in [5.41, 5.74) is 5.57. The molecule has 7 rings (SSSR count). The molecule has 222 valence electrons. The molecule has 2 fully saturated rings. The Morgan fingerprint density at radius 1 is 1.05 bits per heavy atom. The van der Waals surface area contributed by atoms with Gasteiger partial charge in [0, 0.05) is 42.1 Å². The highest BCUT2D eigenvalue weighted by Gasteiger charge is 2.48. The van der Waals surface area contributed by atoms with Gasteiger partial charge in [-0.2, -0.15) is 4.98 Å². The van der Waals surface area contributed by atoms with E-state index in [1.807, 2.05) is 30.3 Å². The lowest BCUT2D eigenvalue weighted by Crippen LogP contribution is -2.50. The van der Waals surface area contributed by atoms with Gasteiger partial charge in [0.15, 0.2) is 5.82 Å². The summed E-state index contributed by atoms with van der Waals surface area (Å²) in [7, 11) is -2.32. The quantitative estimate of drug-likeness (QED) is 0.275. The van der Waals surface area contributed by atoms with E-state index < -0.39 is 7.14 Å². The molecule has 7 nitrogen and oxygen atoms in total. The molecule has 3 aliphatic carbocycles. The largest absolute Gasteiger partial charge is 0.381 e. The molecule has 1 aromatic heterocycles. The number of aromatic nitrogens is 2. The lowest BCUT2D eigenvalue weighted by Gasteiger charge is -2.51. The summed E-state index contributed by atoms with van der Waals surface area (Å²) in [6.45, 7) is 11.8. The molecule has 42 heavy (non-hydrogen) atoms. The van der Waals surface area contributed by atoms with Crippen molar-refractivity contribution in [3.05, 3.63) is 65.8 Å². The Morgan fingerprint density at radius 2 is 1.76 bits per heavy atom. The molecule has 2 aromatic carbocycles. The summed E-state index contributed by atoms with van der Waals surface area (Å²) >= 11 is 0. The summed E-state index contributed by atoms with van der Waals surface area (Å²) < 4.78 is 23.7. The molecular formula is C34H42N3O4P. The zero-order valence-electron chi connectivity index (χ0n) is 25.5. The topological polar surface area (TPSA) is 85.5 Å². The molecule has 1 saturated heterocycles. The van der Waals surface area contributed by atoms with Crippen LogP contribution in [0, 0.1) is 11.3 Å². The van der Waals surface area contributed by atoms with Gasteiger partial charge in [0.1, 0.15) is 7.14 Å². The van der Waals surface area contributed by atoms with E-state index in [0.717, 1.165) is 66.5 Å². The van der Waals surface area contributed by atoms with Crippen molar-refractivity contribution in [3.63, 3.8) is 0 Å². The van der Waals surface area contributed by atoms with Crippen molar-refractivity contribution in [3.8, 4) is 11.1 Å². The molecule has 3 aromatic rings. The van der Waals surface area contributed by atoms with Crippen LogP contribution in [0.1, 0.15) is 71.0 Å². The lowest BCUT2D eigenvalue weighted by atomic mass is 9.57. The molecule has 8 heteroatoms. The van der Waals surface area contributed by atoms with Gasteiger partial charge < -0.3 is 18.7 Å². The van der Waals surface area contributed by atoms with Gasteiger partial charge in [-0.05, 0) is 86.1 Å². The normalized spacial score (nSPS) is 19.0. The van der Waals surface area contributed by atoms with E-state index in [2.05, 4.69) is 49.0 Å². The third-order valence-corrected chi connectivity index (χ3v) is 10.7. The van der Waals surface area contributed by atoms with Crippen LogP contribution in [-0.4, -0.2) is 49.1 Å². The number of anilines is 1. The molecule has 0 spiro atoms. The molecule has 0 atom stereocenters. The number of hydrogen-bond acceptors (Lipinski definition) is 6. The van der Waals surface area contributed by atoms with Crippen LogP contribution in [0.3, 0.4) is 0 Å². The number of ether oxygens (including phenoxy) is 1. The average Bonchev–Trinajstić information content (AvgIpc) is 3.47. The number of benzene rings is 2. The number of allylic oxidation sites excluding steroid dienone is 2. The van der Waals surface area contributed by atoms with Crippen LogP contribution >= 0.6 is 7.14 Å². The van der Waals surface area contributed by atoms with Crippen LogP contribution in [0.4, 0.5) is 5.69 Å². The number of carbonyl (C=O) groups excluding carboxylic acids is 1. The van der Waals surface area contributed by atoms with Crippen molar-refractivity contribution in [1.82, 2.24) is 10.1 Å². The summed E-state index contributed by atoms with van der Waals surface area (Å²) in [5.74, 6) is 1.59. The lowest BCUT2D eigenvalue weighted by molar-refractivity contribution is -0.125. The van der Waals surface area contributed by atoms with Crippen LogP contribution < -0.4 is 10.2 Å². The first-order valence-corrected chi connectivity index (χ1v) is 17.7. The zero-order chi connectivity index (χ0) is 29.7. The van der Waals surface area contributed by atoms with Crippen molar-refractivity contribution in [2.45, 2.75) is 64.7 Å². The van der Waals surface area contributed by atoms with Gasteiger partial charge in [0.25, 0.3) is 0 Å². The van der Waals surface area contributed by atoms with E-state index >= 15 is 0 Å². The fraction of sp³-hybridized carbons (Fsp3) is 0.500. The number of fused-ring (bicyclic) bond motifs is 2. The Balaban J connectivity index is 1.27. The number of hydrogen-bond donors (Lipinski definition) is 0. The summed E-state index contributed by atoms with van der Waals surface area (Å²) in [4.78, 5) is 20.9. The Morgan fingerprint density at radius 3 is 2.36 bits per heavy atom. The van der Waals surface area contributed by atoms with Gasteiger partial charge in [0.2, 0.25) is 11.8 Å². The molecule has 1 amide bonds. The van der Waals surface area contributed by atoms with Gasteiger partial charge in [-0.3, -0.25) is 4.79 Å². The SMILES string of the molecule is CC(C)(C)c1nc(C2=C3CC(CN(C(=O)C4CCOCC4)c4cccc(-c5ccc(P(C)(C)=O)cc5)c4)(CC2)C3)no1. The number of rotatable bonds is 7. The predicted molar refractivity (Wildman–Crippen MR) is 168 cm³/mol. The second-order valence-electron chi connectivity index (χ2n) is 13.9. The highest BCUT2D eigenvalue weighted by Crippen LogP contribution is 2.57. The Kier molecular flexibility index (Phi) is 7.55. The van der Waals surface area contributed by atoms with E-state index in [-0.39, 0.29) is 22.7 Å². The van der Waals surface area contributed by atoms with Crippen molar-refractivity contribution in [2.24, 2.45) is 11.3 Å². The average molecular weight is 588 g/mol. The smallest absolute Gasteiger partial charge is 0.232 e. The maximum absolute atomic E-state index is 14.1. The minimum Gasteiger partial charge on any atom is -0.381 e. The fourth-order valence-electron chi connectivity index (χ4n) is 6.59. The van der Waals surface area contributed by atoms with E-state index in [9.17, 15) is 9.36 Å². The van der Waals surface area contributed by atoms with Gasteiger partial charge in [0.05, 0.1) is 0 Å². The van der Waals surface area contributed by atoms with Gasteiger partial charge in [-0.25, -0.2) is 0 Å². The highest BCUT2D eigenvalue weighted by atomic mass is 31.2. The predicted octanol–water partition coefficient (Wildman–Crippen LogP) is 7.07. The first kappa shape index (κ1) is 29.1. The molecule has 0 N–H and O–H groups in total. The summed E-state index contributed by atoms with van der Waals surface area (Å²) in [6.07, 6.45) is 5.37. The van der Waals surface area contributed by atoms with Crippen LogP contribution in [0.15, 0.2) is 58.6 Å². The summed E-state index contributed by atoms with van der Waals surface area (Å²) in [5, 5.41) is 5.20. The van der Waals surface area contributed by atoms with Crippen LogP contribution in [-0.2, 0) is 19.5 Å². The van der Waals surface area contributed by atoms with Gasteiger partial charge >= 0.3 is 0 Å². The van der Waals surface area contributed by atoms with Gasteiger partial charge in [-0.1, -0.05) is 67.9 Å². The highest BCUT2D eigenvalue weighted by molar-refractivity contribution is 7.70. The Bertz CT molecular complexity index is 1550. The van der Waals surface area contributed by atoms with Gasteiger partial charge in [-0.15, -0.1) is 0 Å². The maximum atomic E-state index is 14.1. The first-order valence-electron chi connectivity index (χ1n) is 15.1. The second-order valence-corrected chi connectivity index (χ2v) is 17.1. The number of amides is 1. The fourth-order valence-corrected chi connectivity index (χ4v) is 7.45. The molecule has 2 heterocycles. The van der Waals surface area contributed by atoms with Crippen LogP contribution in [0.25, 0.3) is 16.7 Å². The van der Waals surface area contributed by atoms with Crippen LogP contribution in [0.2, 0.25) is 0 Å². The zero-order valence-corrected chi connectivity index (χ0v) is 26.4. The van der Waals surface area contributed by atoms with Crippen molar-refractivity contribution in [2.75, 3.05) is 38.0 Å². The molecule has 0 radical (unpaired) electrons. The first-order chi connectivity index (χ1) is 19.9. The van der Waals surface area contributed by atoms with E-state index in [0.29, 0.717) is 25.6 Å². The van der Waals surface area contributed by atoms with E-state index in [4.69, 9.17) is 14.2 Å². The number of carbonyl (C=O) groups is 1. The van der Waals surface area contributed by atoms with E-state index in [1.54, 1.807) is 13.3 Å². The standard InChI is InChI=1S/C34H42N3O4P/c1-33(2,3)32-35-30(36-41-32)29-13-16-34(20-26(29)21-34)22-37(31(38)24-14-17-40-18-15-24)27-8-6-7-25(19-27)23-9-11-28(12-10-23)42(4,5)39/h6-12,19,24H,13-18,20-22H2,1-5H3. The van der Waals surface area contributed by atoms with Crippen molar-refractivity contribution in [1.29, 1.82) is 0 Å². The maximum Gasteiger partial charge on any atom is 0.232 e. The monoisotopic (exact) mass is 587 g/mol. The third kappa shape index (κ3) is 5.78. The minimum atomic E-state index is -2.32. The van der Waals surface area contributed by atoms with E-state index in [1.165, 1.54) is 11.1 Å². The molecule has 0 unspecified atom stereocenters. The second kappa shape index (κ2) is 10.9. The molecule has 2 bridgehead atoms. The number of nitrogens with zero attached hydrogens (tertiary/aromatic N) is 3. The molecule has 1 aliphatic heterocycles. The van der Waals surface area contributed by atoms with Crippen molar-refractivity contribution < 1.29 is 18.6 Å². The van der Waals surface area contributed by atoms with Crippen LogP contribution in [0.5, 0.6) is 0 Å².